The van der Waals surface area contributed by atoms with Gasteiger partial charge in [-0.25, -0.2) is 4.39 Å². The van der Waals surface area contributed by atoms with E-state index in [0.29, 0.717) is 17.0 Å². The third-order valence-corrected chi connectivity index (χ3v) is 4.44. The molecule has 2 nitrogen and oxygen atoms in total. The molecule has 110 valence electrons. The highest BCUT2D eigenvalue weighted by Crippen LogP contribution is 2.39. The summed E-state index contributed by atoms with van der Waals surface area (Å²) in [5.41, 5.74) is 8.81. The number of hydrogen-bond donors (Lipinski definition) is 1. The van der Waals surface area contributed by atoms with Gasteiger partial charge in [-0.05, 0) is 66.3 Å². The van der Waals surface area contributed by atoms with Crippen LogP contribution in [-0.4, -0.2) is 7.11 Å². The van der Waals surface area contributed by atoms with E-state index in [9.17, 15) is 4.39 Å². The number of halogens is 2. The van der Waals surface area contributed by atoms with Crippen molar-refractivity contribution in [3.63, 3.8) is 0 Å². The second-order valence-electron chi connectivity index (χ2n) is 5.59. The Bertz CT molecular complexity index is 688. The summed E-state index contributed by atoms with van der Waals surface area (Å²) in [5, 5.41) is 0.527. The van der Waals surface area contributed by atoms with Crippen LogP contribution < -0.4 is 10.5 Å². The first-order valence-corrected chi connectivity index (χ1v) is 7.30. The van der Waals surface area contributed by atoms with E-state index in [1.54, 1.807) is 19.2 Å². The van der Waals surface area contributed by atoms with E-state index in [4.69, 9.17) is 22.1 Å². The molecule has 0 fully saturated rings. The van der Waals surface area contributed by atoms with Crippen molar-refractivity contribution >= 4 is 11.6 Å². The van der Waals surface area contributed by atoms with Crippen LogP contribution in [0.3, 0.4) is 0 Å². The van der Waals surface area contributed by atoms with Crippen LogP contribution in [0.15, 0.2) is 36.4 Å². The van der Waals surface area contributed by atoms with Crippen LogP contribution in [0.2, 0.25) is 5.02 Å². The third kappa shape index (κ3) is 2.63. The average molecular weight is 306 g/mol. The molecule has 0 bridgehead atoms. The number of nitrogens with two attached hydrogens (primary N) is 1. The smallest absolute Gasteiger partial charge is 0.126 e. The summed E-state index contributed by atoms with van der Waals surface area (Å²) < 4.78 is 19.3. The quantitative estimate of drug-likeness (QED) is 0.935. The second kappa shape index (κ2) is 5.32. The average Bonchev–Trinajstić information content (AvgIpc) is 2.80. The maximum atomic E-state index is 14.0. The molecule has 2 N–H and O–H groups in total. The summed E-state index contributed by atoms with van der Waals surface area (Å²) in [7, 11) is 1.63. The Labute approximate surface area is 128 Å². The first-order chi connectivity index (χ1) is 10.0. The van der Waals surface area contributed by atoms with Gasteiger partial charge >= 0.3 is 0 Å². The van der Waals surface area contributed by atoms with Crippen LogP contribution in [0.1, 0.15) is 23.1 Å². The van der Waals surface area contributed by atoms with Gasteiger partial charge in [-0.3, -0.25) is 0 Å². The van der Waals surface area contributed by atoms with Crippen LogP contribution >= 0.6 is 11.6 Å². The van der Waals surface area contributed by atoms with Gasteiger partial charge in [-0.1, -0.05) is 17.7 Å². The van der Waals surface area contributed by atoms with Crippen molar-refractivity contribution in [2.24, 2.45) is 5.73 Å². The van der Waals surface area contributed by atoms with Crippen molar-refractivity contribution in [2.45, 2.75) is 24.8 Å². The molecule has 4 heteroatoms. The van der Waals surface area contributed by atoms with Crippen LogP contribution in [0.25, 0.3) is 0 Å². The van der Waals surface area contributed by atoms with E-state index in [1.165, 1.54) is 11.6 Å². The van der Waals surface area contributed by atoms with E-state index in [-0.39, 0.29) is 5.82 Å². The van der Waals surface area contributed by atoms with E-state index < -0.39 is 5.54 Å². The zero-order valence-electron chi connectivity index (χ0n) is 11.8. The van der Waals surface area contributed by atoms with Crippen molar-refractivity contribution < 1.29 is 9.13 Å². The molecule has 0 radical (unpaired) electrons. The second-order valence-corrected chi connectivity index (χ2v) is 6.03. The van der Waals surface area contributed by atoms with E-state index >= 15 is 0 Å². The largest absolute Gasteiger partial charge is 0.497 e. The van der Waals surface area contributed by atoms with Crippen molar-refractivity contribution in [1.29, 1.82) is 0 Å². The van der Waals surface area contributed by atoms with Gasteiger partial charge in [-0.15, -0.1) is 0 Å². The fraction of sp³-hybridized carbons (Fsp3) is 0.294. The Morgan fingerprint density at radius 3 is 2.86 bits per heavy atom. The molecule has 1 atom stereocenters. The Kier molecular flexibility index (Phi) is 3.64. The fourth-order valence-corrected chi connectivity index (χ4v) is 3.25. The summed E-state index contributed by atoms with van der Waals surface area (Å²) in [6, 6.07) is 10.5. The van der Waals surface area contributed by atoms with Gasteiger partial charge in [-0.2, -0.15) is 0 Å². The van der Waals surface area contributed by atoms with Gasteiger partial charge in [0.05, 0.1) is 7.11 Å². The van der Waals surface area contributed by atoms with Crippen molar-refractivity contribution in [3.05, 3.63) is 63.9 Å². The molecular weight excluding hydrogens is 289 g/mol. The minimum absolute atomic E-state index is 0.263. The number of methoxy groups -OCH3 is 1. The number of fused-ring (bicyclic) bond motifs is 1. The molecule has 0 saturated carbocycles. The number of hydrogen-bond acceptors (Lipinski definition) is 2. The highest BCUT2D eigenvalue weighted by molar-refractivity contribution is 6.30. The lowest BCUT2D eigenvalue weighted by molar-refractivity contribution is 0.406. The molecule has 0 aromatic heterocycles. The zero-order valence-corrected chi connectivity index (χ0v) is 12.6. The summed E-state index contributed by atoms with van der Waals surface area (Å²) in [4.78, 5) is 0. The summed E-state index contributed by atoms with van der Waals surface area (Å²) >= 11 is 5.97. The molecule has 1 unspecified atom stereocenters. The highest BCUT2D eigenvalue weighted by Gasteiger charge is 2.36. The molecule has 0 aliphatic heterocycles. The molecule has 0 amide bonds. The van der Waals surface area contributed by atoms with Crippen LogP contribution in [0.4, 0.5) is 4.39 Å². The van der Waals surface area contributed by atoms with E-state index in [2.05, 4.69) is 0 Å². The Balaban J connectivity index is 1.98. The van der Waals surface area contributed by atoms with Gasteiger partial charge in [0, 0.05) is 10.6 Å². The van der Waals surface area contributed by atoms with Gasteiger partial charge in [0.1, 0.15) is 11.6 Å². The van der Waals surface area contributed by atoms with E-state index in [1.807, 2.05) is 18.2 Å². The fourth-order valence-electron chi connectivity index (χ4n) is 3.06. The molecule has 0 heterocycles. The van der Waals surface area contributed by atoms with Gasteiger partial charge in [0.15, 0.2) is 0 Å². The minimum Gasteiger partial charge on any atom is -0.497 e. The molecule has 2 aromatic rings. The predicted octanol–water partition coefficient (Wildman–Crippen LogP) is 3.83. The Morgan fingerprint density at radius 1 is 1.29 bits per heavy atom. The maximum Gasteiger partial charge on any atom is 0.126 e. The first-order valence-electron chi connectivity index (χ1n) is 6.92. The minimum atomic E-state index is -0.574. The van der Waals surface area contributed by atoms with Gasteiger partial charge in [0.25, 0.3) is 0 Å². The van der Waals surface area contributed by atoms with Crippen molar-refractivity contribution in [3.8, 4) is 5.75 Å². The maximum absolute atomic E-state index is 14.0. The zero-order chi connectivity index (χ0) is 15.0. The molecule has 21 heavy (non-hydrogen) atoms. The molecule has 0 saturated heterocycles. The molecule has 2 aromatic carbocycles. The lowest BCUT2D eigenvalue weighted by Crippen LogP contribution is -2.36. The van der Waals surface area contributed by atoms with Crippen molar-refractivity contribution in [2.75, 3.05) is 7.11 Å². The van der Waals surface area contributed by atoms with Crippen LogP contribution in [-0.2, 0) is 18.4 Å². The van der Waals surface area contributed by atoms with Crippen LogP contribution in [0, 0.1) is 5.82 Å². The topological polar surface area (TPSA) is 35.2 Å². The molecular formula is C17H17ClFNO. The van der Waals surface area contributed by atoms with Crippen LogP contribution in [0.5, 0.6) is 5.75 Å². The number of aryl methyl sites for hydroxylation is 1. The highest BCUT2D eigenvalue weighted by atomic mass is 35.5. The number of benzene rings is 2. The molecule has 0 spiro atoms. The molecule has 3 rings (SSSR count). The lowest BCUT2D eigenvalue weighted by Gasteiger charge is -2.26. The SMILES string of the molecule is COc1ccc2c(c1)C(N)(Cc1cc(Cl)ccc1F)CC2. The summed E-state index contributed by atoms with van der Waals surface area (Å²) in [5.74, 6) is 0.512. The first kappa shape index (κ1) is 14.4. The number of rotatable bonds is 3. The monoisotopic (exact) mass is 305 g/mol. The van der Waals surface area contributed by atoms with Gasteiger partial charge in [0.2, 0.25) is 0 Å². The molecule has 1 aliphatic carbocycles. The van der Waals surface area contributed by atoms with Gasteiger partial charge < -0.3 is 10.5 Å². The normalized spacial score (nSPS) is 20.4. The Hall–Kier alpha value is -1.58. The van der Waals surface area contributed by atoms with Crippen molar-refractivity contribution in [1.82, 2.24) is 0 Å². The standard InChI is InChI=1S/C17H17ClFNO/c1-21-14-4-2-11-6-7-17(20,15(11)9-14)10-12-8-13(18)3-5-16(12)19/h2-5,8-9H,6-7,10,20H2,1H3. The summed E-state index contributed by atoms with van der Waals surface area (Å²) in [6.45, 7) is 0. The number of ether oxygens (including phenoxy) is 1. The Morgan fingerprint density at radius 2 is 2.10 bits per heavy atom. The third-order valence-electron chi connectivity index (χ3n) is 4.21. The predicted molar refractivity (Wildman–Crippen MR) is 82.3 cm³/mol. The summed E-state index contributed by atoms with van der Waals surface area (Å²) in [6.07, 6.45) is 2.12. The van der Waals surface area contributed by atoms with E-state index in [0.717, 1.165) is 24.2 Å². The molecule has 1 aliphatic rings. The lowest BCUT2D eigenvalue weighted by atomic mass is 9.86.